The molecule has 0 amide bonds. The van der Waals surface area contributed by atoms with Crippen molar-refractivity contribution in [3.05, 3.63) is 35.6 Å². The van der Waals surface area contributed by atoms with Crippen molar-refractivity contribution >= 4 is 0 Å². The summed E-state index contributed by atoms with van der Waals surface area (Å²) in [4.78, 5) is 0. The molecule has 76 valence electrons. The number of hydrogen-bond donors (Lipinski definition) is 1. The molecule has 1 N–H and O–H groups in total. The molecule has 0 bridgehead atoms. The first-order valence-corrected chi connectivity index (χ1v) is 4.87. The molecule has 2 unspecified atom stereocenters. The van der Waals surface area contributed by atoms with E-state index >= 15 is 0 Å². The van der Waals surface area contributed by atoms with Gasteiger partial charge in [-0.05, 0) is 30.5 Å². The number of benzene rings is 1. The molecule has 14 heavy (non-hydrogen) atoms. The highest BCUT2D eigenvalue weighted by Gasteiger charge is 2.29. The van der Waals surface area contributed by atoms with Gasteiger partial charge in [-0.15, -0.1) is 0 Å². The highest BCUT2D eigenvalue weighted by Crippen LogP contribution is 2.23. The van der Waals surface area contributed by atoms with Gasteiger partial charge in [-0.1, -0.05) is 12.1 Å². The molecule has 1 aliphatic rings. The minimum Gasteiger partial charge on any atom is -0.307 e. The first kappa shape index (κ1) is 9.59. The van der Waals surface area contributed by atoms with Gasteiger partial charge >= 0.3 is 0 Å². The number of nitrogens with one attached hydrogen (secondary N) is 1. The van der Waals surface area contributed by atoms with Crippen LogP contribution < -0.4 is 5.32 Å². The largest absolute Gasteiger partial charge is 0.307 e. The van der Waals surface area contributed by atoms with E-state index in [4.69, 9.17) is 0 Å². The molecule has 0 aliphatic heterocycles. The molecule has 0 heterocycles. The average molecular weight is 197 g/mol. The fraction of sp³-hybridized carbons (Fsp3) is 0.455. The van der Waals surface area contributed by atoms with E-state index < -0.39 is 6.17 Å². The second-order valence-corrected chi connectivity index (χ2v) is 3.71. The molecule has 1 aromatic carbocycles. The summed E-state index contributed by atoms with van der Waals surface area (Å²) in [5.41, 5.74) is 0.991. The van der Waals surface area contributed by atoms with Gasteiger partial charge in [-0.3, -0.25) is 0 Å². The zero-order chi connectivity index (χ0) is 9.97. The molecule has 3 heteroatoms. The number of hydrogen-bond acceptors (Lipinski definition) is 1. The van der Waals surface area contributed by atoms with Crippen molar-refractivity contribution in [2.45, 2.75) is 31.6 Å². The van der Waals surface area contributed by atoms with E-state index in [0.717, 1.165) is 12.0 Å². The van der Waals surface area contributed by atoms with Crippen LogP contribution in [0.5, 0.6) is 0 Å². The monoisotopic (exact) mass is 197 g/mol. The maximum atomic E-state index is 12.8. The van der Waals surface area contributed by atoms with Crippen LogP contribution in [-0.4, -0.2) is 12.2 Å². The van der Waals surface area contributed by atoms with Crippen molar-refractivity contribution in [3.63, 3.8) is 0 Å². The van der Waals surface area contributed by atoms with Crippen LogP contribution >= 0.6 is 0 Å². The molecule has 0 saturated heterocycles. The molecular formula is C11H13F2N. The first-order chi connectivity index (χ1) is 6.75. The van der Waals surface area contributed by atoms with E-state index in [1.165, 1.54) is 12.1 Å². The Labute approximate surface area is 82.1 Å². The molecular weight excluding hydrogens is 184 g/mol. The van der Waals surface area contributed by atoms with E-state index in [-0.39, 0.29) is 11.9 Å². The summed E-state index contributed by atoms with van der Waals surface area (Å²) < 4.78 is 25.4. The number of halogens is 2. The van der Waals surface area contributed by atoms with Gasteiger partial charge in [0.1, 0.15) is 12.0 Å². The molecule has 2 atom stereocenters. The van der Waals surface area contributed by atoms with Crippen LogP contribution in [-0.2, 0) is 6.54 Å². The smallest absolute Gasteiger partial charge is 0.123 e. The lowest BCUT2D eigenvalue weighted by Crippen LogP contribution is -2.44. The summed E-state index contributed by atoms with van der Waals surface area (Å²) in [6, 6.07) is 6.28. The van der Waals surface area contributed by atoms with Gasteiger partial charge in [0.2, 0.25) is 0 Å². The quantitative estimate of drug-likeness (QED) is 0.784. The lowest BCUT2D eigenvalue weighted by Gasteiger charge is -2.31. The van der Waals surface area contributed by atoms with Gasteiger partial charge in [0.15, 0.2) is 0 Å². The fourth-order valence-corrected chi connectivity index (χ4v) is 1.54. The molecule has 0 radical (unpaired) electrons. The van der Waals surface area contributed by atoms with Gasteiger partial charge in [0.05, 0.1) is 0 Å². The van der Waals surface area contributed by atoms with Crippen LogP contribution in [0.4, 0.5) is 8.78 Å². The van der Waals surface area contributed by atoms with Gasteiger partial charge < -0.3 is 5.32 Å². The maximum Gasteiger partial charge on any atom is 0.123 e. The highest BCUT2D eigenvalue weighted by molar-refractivity contribution is 5.16. The van der Waals surface area contributed by atoms with E-state index in [9.17, 15) is 8.78 Å². The lowest BCUT2D eigenvalue weighted by atomic mass is 9.90. The normalized spacial score (nSPS) is 25.9. The summed E-state index contributed by atoms with van der Waals surface area (Å²) in [5, 5.41) is 3.11. The first-order valence-electron chi connectivity index (χ1n) is 4.87. The Morgan fingerprint density at radius 3 is 2.43 bits per heavy atom. The minimum absolute atomic E-state index is 0.0000491. The number of alkyl halides is 1. The van der Waals surface area contributed by atoms with Crippen LogP contribution in [0.1, 0.15) is 18.4 Å². The molecule has 1 fully saturated rings. The van der Waals surface area contributed by atoms with Crippen LogP contribution in [0.2, 0.25) is 0 Å². The molecule has 2 rings (SSSR count). The molecule has 1 aliphatic carbocycles. The third-order valence-electron chi connectivity index (χ3n) is 2.67. The highest BCUT2D eigenvalue weighted by atomic mass is 19.1. The van der Waals surface area contributed by atoms with Crippen molar-refractivity contribution in [1.82, 2.24) is 5.32 Å². The molecule has 1 saturated carbocycles. The van der Waals surface area contributed by atoms with Crippen LogP contribution in [0, 0.1) is 5.82 Å². The summed E-state index contributed by atoms with van der Waals surface area (Å²) in [7, 11) is 0. The average Bonchev–Trinajstić information content (AvgIpc) is 2.19. The summed E-state index contributed by atoms with van der Waals surface area (Å²) in [5.74, 6) is -0.235. The predicted octanol–water partition coefficient (Wildman–Crippen LogP) is 2.42. The van der Waals surface area contributed by atoms with Crippen LogP contribution in [0.15, 0.2) is 24.3 Å². The third kappa shape index (κ3) is 2.10. The fourth-order valence-electron chi connectivity index (χ4n) is 1.54. The van der Waals surface area contributed by atoms with Crippen LogP contribution in [0.25, 0.3) is 0 Å². The van der Waals surface area contributed by atoms with Gasteiger partial charge in [-0.2, -0.15) is 0 Å². The SMILES string of the molecule is Fc1ccc(CNC2CCC2F)cc1. The second-order valence-electron chi connectivity index (χ2n) is 3.71. The van der Waals surface area contributed by atoms with E-state index in [0.29, 0.717) is 13.0 Å². The second kappa shape index (κ2) is 4.05. The minimum atomic E-state index is -0.699. The summed E-state index contributed by atoms with van der Waals surface area (Å²) >= 11 is 0. The lowest BCUT2D eigenvalue weighted by molar-refractivity contribution is 0.141. The topological polar surface area (TPSA) is 12.0 Å². The molecule has 1 nitrogen and oxygen atoms in total. The summed E-state index contributed by atoms with van der Waals surface area (Å²) in [6.07, 6.45) is 0.874. The van der Waals surface area contributed by atoms with Gasteiger partial charge in [-0.25, -0.2) is 8.78 Å². The third-order valence-corrected chi connectivity index (χ3v) is 2.67. The Bertz CT molecular complexity index is 297. The van der Waals surface area contributed by atoms with Crippen molar-refractivity contribution in [3.8, 4) is 0 Å². The van der Waals surface area contributed by atoms with Crippen molar-refractivity contribution in [2.75, 3.05) is 0 Å². The van der Waals surface area contributed by atoms with Gasteiger partial charge in [0, 0.05) is 12.6 Å². The molecule has 0 aromatic heterocycles. The standard InChI is InChI=1S/C11H13F2N/c12-9-3-1-8(2-4-9)7-14-11-6-5-10(11)13/h1-4,10-11,14H,5-7H2. The van der Waals surface area contributed by atoms with Crippen LogP contribution in [0.3, 0.4) is 0 Å². The molecule has 0 spiro atoms. The van der Waals surface area contributed by atoms with Crippen molar-refractivity contribution in [2.24, 2.45) is 0 Å². The van der Waals surface area contributed by atoms with Crippen molar-refractivity contribution < 1.29 is 8.78 Å². The van der Waals surface area contributed by atoms with Gasteiger partial charge in [0.25, 0.3) is 0 Å². The van der Waals surface area contributed by atoms with E-state index in [1.807, 2.05) is 0 Å². The zero-order valence-corrected chi connectivity index (χ0v) is 7.84. The Morgan fingerprint density at radius 2 is 1.93 bits per heavy atom. The Balaban J connectivity index is 1.83. The van der Waals surface area contributed by atoms with E-state index in [1.54, 1.807) is 12.1 Å². The Hall–Kier alpha value is -0.960. The Morgan fingerprint density at radius 1 is 1.21 bits per heavy atom. The number of rotatable bonds is 3. The van der Waals surface area contributed by atoms with E-state index in [2.05, 4.69) is 5.32 Å². The maximum absolute atomic E-state index is 12.8. The Kier molecular flexibility index (Phi) is 2.77. The summed E-state index contributed by atoms with van der Waals surface area (Å²) in [6.45, 7) is 0.616. The predicted molar refractivity (Wildman–Crippen MR) is 51.2 cm³/mol. The van der Waals surface area contributed by atoms with Crippen molar-refractivity contribution in [1.29, 1.82) is 0 Å². The molecule has 1 aromatic rings. The zero-order valence-electron chi connectivity index (χ0n) is 7.84.